The summed E-state index contributed by atoms with van der Waals surface area (Å²) in [6.45, 7) is 4.88. The fourth-order valence-electron chi connectivity index (χ4n) is 2.12. The number of aryl methyl sites for hydroxylation is 1. The summed E-state index contributed by atoms with van der Waals surface area (Å²) in [6.07, 6.45) is -0.366. The molecule has 2 atom stereocenters. The number of rotatable bonds is 5. The molecule has 0 radical (unpaired) electrons. The van der Waals surface area contributed by atoms with E-state index in [2.05, 4.69) is 0 Å². The van der Waals surface area contributed by atoms with Crippen molar-refractivity contribution in [2.24, 2.45) is 0 Å². The van der Waals surface area contributed by atoms with E-state index in [4.69, 9.17) is 9.47 Å². The average Bonchev–Trinajstić information content (AvgIpc) is 2.76. The lowest BCUT2D eigenvalue weighted by molar-refractivity contribution is -0.160. The molecule has 1 aromatic carbocycles. The molecule has 0 saturated carbocycles. The molecule has 1 fully saturated rings. The molecule has 4 nitrogen and oxygen atoms in total. The maximum atomic E-state index is 12.1. The lowest BCUT2D eigenvalue weighted by Gasteiger charge is -2.24. The third-order valence-corrected chi connectivity index (χ3v) is 4.62. The summed E-state index contributed by atoms with van der Waals surface area (Å²) in [6, 6.07) is 7.51. The standard InChI is InChI=1S/C14H20O4S/c1-11-3-5-13(6-4-11)19(16)10-12(15)9-14(2)17-7-8-18-14/h3-6,12,15H,7-10H2,1-2H3/t12-,19+/m0/s1. The molecular weight excluding hydrogens is 264 g/mol. The van der Waals surface area contributed by atoms with Gasteiger partial charge in [-0.3, -0.25) is 4.21 Å². The van der Waals surface area contributed by atoms with Crippen molar-refractivity contribution >= 4 is 10.8 Å². The highest BCUT2D eigenvalue weighted by atomic mass is 32.2. The van der Waals surface area contributed by atoms with E-state index in [1.54, 1.807) is 6.92 Å². The molecule has 0 amide bonds. The van der Waals surface area contributed by atoms with Gasteiger partial charge in [0.25, 0.3) is 0 Å². The van der Waals surface area contributed by atoms with Gasteiger partial charge in [-0.25, -0.2) is 0 Å². The maximum absolute atomic E-state index is 12.1. The van der Waals surface area contributed by atoms with Gasteiger partial charge in [0.2, 0.25) is 0 Å². The number of hydrogen-bond donors (Lipinski definition) is 1. The zero-order chi connectivity index (χ0) is 13.9. The number of aliphatic hydroxyl groups excluding tert-OH is 1. The van der Waals surface area contributed by atoms with Gasteiger partial charge >= 0.3 is 0 Å². The van der Waals surface area contributed by atoms with E-state index < -0.39 is 22.7 Å². The molecule has 0 aliphatic carbocycles. The van der Waals surface area contributed by atoms with Crippen molar-refractivity contribution in [3.63, 3.8) is 0 Å². The molecule has 1 saturated heterocycles. The SMILES string of the molecule is Cc1ccc([S@](=O)C[C@@H](O)CC2(C)OCCO2)cc1. The molecule has 1 aliphatic heterocycles. The number of aliphatic hydroxyl groups is 1. The molecule has 2 rings (SSSR count). The van der Waals surface area contributed by atoms with Gasteiger partial charge in [0.1, 0.15) is 0 Å². The minimum absolute atomic E-state index is 0.200. The predicted molar refractivity (Wildman–Crippen MR) is 73.4 cm³/mol. The van der Waals surface area contributed by atoms with Gasteiger partial charge in [0, 0.05) is 11.3 Å². The molecule has 106 valence electrons. The van der Waals surface area contributed by atoms with Crippen molar-refractivity contribution in [1.82, 2.24) is 0 Å². The van der Waals surface area contributed by atoms with Crippen LogP contribution >= 0.6 is 0 Å². The van der Waals surface area contributed by atoms with E-state index in [0.29, 0.717) is 19.6 Å². The smallest absolute Gasteiger partial charge is 0.168 e. The Morgan fingerprint density at radius 3 is 2.47 bits per heavy atom. The Labute approximate surface area is 116 Å². The topological polar surface area (TPSA) is 55.8 Å². The molecule has 0 spiro atoms. The first-order valence-corrected chi connectivity index (χ1v) is 7.71. The fourth-order valence-corrected chi connectivity index (χ4v) is 3.22. The Balaban J connectivity index is 1.89. The van der Waals surface area contributed by atoms with Crippen LogP contribution in [0.2, 0.25) is 0 Å². The van der Waals surface area contributed by atoms with Crippen molar-refractivity contribution in [3.05, 3.63) is 29.8 Å². The van der Waals surface area contributed by atoms with E-state index in [1.807, 2.05) is 31.2 Å². The van der Waals surface area contributed by atoms with Crippen LogP contribution in [0.1, 0.15) is 18.9 Å². The van der Waals surface area contributed by atoms with E-state index in [1.165, 1.54) is 0 Å². The van der Waals surface area contributed by atoms with Crippen molar-refractivity contribution in [3.8, 4) is 0 Å². The third kappa shape index (κ3) is 4.11. The molecule has 0 bridgehead atoms. The van der Waals surface area contributed by atoms with Crippen molar-refractivity contribution in [2.45, 2.75) is 37.1 Å². The molecule has 0 unspecified atom stereocenters. The molecule has 1 aliphatic rings. The normalized spacial score (nSPS) is 21.2. The maximum Gasteiger partial charge on any atom is 0.168 e. The van der Waals surface area contributed by atoms with Gasteiger partial charge in [-0.05, 0) is 26.0 Å². The Kier molecular flexibility index (Phi) is 4.73. The largest absolute Gasteiger partial charge is 0.392 e. The van der Waals surface area contributed by atoms with Gasteiger partial charge < -0.3 is 14.6 Å². The fraction of sp³-hybridized carbons (Fsp3) is 0.571. The number of hydrogen-bond acceptors (Lipinski definition) is 4. The second kappa shape index (κ2) is 6.13. The Hall–Kier alpha value is -0.750. The minimum atomic E-state index is -1.20. The van der Waals surface area contributed by atoms with Crippen molar-refractivity contribution < 1.29 is 18.8 Å². The third-order valence-electron chi connectivity index (χ3n) is 3.13. The van der Waals surface area contributed by atoms with Gasteiger partial charge in [-0.1, -0.05) is 17.7 Å². The summed E-state index contributed by atoms with van der Waals surface area (Å²) in [7, 11) is -1.20. The van der Waals surface area contributed by atoms with E-state index in [0.717, 1.165) is 10.5 Å². The van der Waals surface area contributed by atoms with Crippen molar-refractivity contribution in [2.75, 3.05) is 19.0 Å². The van der Waals surface area contributed by atoms with Crippen LogP contribution in [0, 0.1) is 6.92 Å². The molecule has 5 heteroatoms. The van der Waals surface area contributed by atoms with E-state index in [9.17, 15) is 9.32 Å². The molecule has 1 aromatic rings. The summed E-state index contributed by atoms with van der Waals surface area (Å²) >= 11 is 0. The zero-order valence-corrected chi connectivity index (χ0v) is 12.1. The first-order chi connectivity index (χ1) is 8.98. The Morgan fingerprint density at radius 1 is 1.32 bits per heavy atom. The van der Waals surface area contributed by atoms with Crippen LogP contribution in [0.4, 0.5) is 0 Å². The first kappa shape index (κ1) is 14.7. The summed E-state index contributed by atoms with van der Waals surface area (Å²) in [4.78, 5) is 0.739. The van der Waals surface area contributed by atoms with Crippen LogP contribution in [0.25, 0.3) is 0 Å². The summed E-state index contributed by atoms with van der Waals surface area (Å²) in [5, 5.41) is 10.0. The second-order valence-electron chi connectivity index (χ2n) is 5.01. The van der Waals surface area contributed by atoms with Crippen LogP contribution in [0.5, 0.6) is 0 Å². The van der Waals surface area contributed by atoms with Crippen LogP contribution < -0.4 is 0 Å². The molecule has 1 heterocycles. The Bertz CT molecular complexity index is 437. The molecule has 0 aromatic heterocycles. The highest BCUT2D eigenvalue weighted by molar-refractivity contribution is 7.85. The lowest BCUT2D eigenvalue weighted by Crippen LogP contribution is -2.33. The van der Waals surface area contributed by atoms with Gasteiger partial charge in [-0.2, -0.15) is 0 Å². The minimum Gasteiger partial charge on any atom is -0.392 e. The first-order valence-electron chi connectivity index (χ1n) is 6.39. The van der Waals surface area contributed by atoms with Crippen LogP contribution in [-0.2, 0) is 20.3 Å². The van der Waals surface area contributed by atoms with Crippen LogP contribution in [0.15, 0.2) is 29.2 Å². The second-order valence-corrected chi connectivity index (χ2v) is 6.51. The van der Waals surface area contributed by atoms with Gasteiger partial charge in [-0.15, -0.1) is 0 Å². The number of benzene rings is 1. The average molecular weight is 284 g/mol. The predicted octanol–water partition coefficient (Wildman–Crippen LogP) is 1.62. The molecule has 1 N–H and O–H groups in total. The summed E-state index contributed by atoms with van der Waals surface area (Å²) in [5.41, 5.74) is 1.13. The van der Waals surface area contributed by atoms with Crippen LogP contribution in [0.3, 0.4) is 0 Å². The highest BCUT2D eigenvalue weighted by Crippen LogP contribution is 2.24. The van der Waals surface area contributed by atoms with Gasteiger partial charge in [0.05, 0.1) is 35.9 Å². The van der Waals surface area contributed by atoms with Crippen molar-refractivity contribution in [1.29, 1.82) is 0 Å². The zero-order valence-electron chi connectivity index (χ0n) is 11.3. The monoisotopic (exact) mass is 284 g/mol. The highest BCUT2D eigenvalue weighted by Gasteiger charge is 2.33. The molecular formula is C14H20O4S. The lowest BCUT2D eigenvalue weighted by atomic mass is 10.1. The summed E-state index contributed by atoms with van der Waals surface area (Å²) < 4.78 is 23.0. The summed E-state index contributed by atoms with van der Waals surface area (Å²) in [5.74, 6) is -0.539. The Morgan fingerprint density at radius 2 is 1.89 bits per heavy atom. The quantitative estimate of drug-likeness (QED) is 0.892. The number of ether oxygens (including phenoxy) is 2. The van der Waals surface area contributed by atoms with Crippen LogP contribution in [-0.4, -0.2) is 40.2 Å². The van der Waals surface area contributed by atoms with E-state index in [-0.39, 0.29) is 5.75 Å². The van der Waals surface area contributed by atoms with E-state index >= 15 is 0 Å². The van der Waals surface area contributed by atoms with Gasteiger partial charge in [0.15, 0.2) is 5.79 Å². The molecule has 19 heavy (non-hydrogen) atoms.